The molecule has 0 aliphatic carbocycles. The number of imidazole rings is 2. The van der Waals surface area contributed by atoms with E-state index in [1.807, 2.05) is 34.1 Å². The molecule has 0 bridgehead atoms. The Labute approximate surface area is 449 Å². The standard InChI is InChI=1S/C60H72N4O13/c65-59(17-18-61-19-20-62(47-61)45-57-53-13-5-1-9-49(53)43-50-10-2-6-14-54(50)57)76-41-39-74-37-35-72-33-31-70-29-27-68-25-23-67-24-26-69-28-30-71-32-34-73-36-38-75-40-42-77-60(66)64-22-21-63(48-64)46-58-55-15-7-3-11-51(55)44-52-12-4-8-16-56(52)58/h1-16,19-22,43-44,47-48H,17-18,23-42,45-46H2/q+2. The van der Waals surface area contributed by atoms with E-state index < -0.39 is 6.09 Å². The van der Waals surface area contributed by atoms with Crippen molar-refractivity contribution in [2.45, 2.75) is 26.1 Å². The Morgan fingerprint density at radius 2 is 0.701 bits per heavy atom. The van der Waals surface area contributed by atoms with Gasteiger partial charge in [-0.3, -0.25) is 4.79 Å². The molecule has 17 heteroatoms. The van der Waals surface area contributed by atoms with Gasteiger partial charge in [-0.25, -0.2) is 13.7 Å². The molecule has 0 aliphatic heterocycles. The monoisotopic (exact) mass is 1060 g/mol. The van der Waals surface area contributed by atoms with E-state index in [9.17, 15) is 9.59 Å². The second kappa shape index (κ2) is 32.2. The second-order valence-electron chi connectivity index (χ2n) is 18.0. The van der Waals surface area contributed by atoms with Crippen LogP contribution in [0.4, 0.5) is 4.79 Å². The summed E-state index contributed by atoms with van der Waals surface area (Å²) in [7, 11) is 0. The fourth-order valence-electron chi connectivity index (χ4n) is 8.81. The molecule has 8 aromatic rings. The Morgan fingerprint density at radius 1 is 0.377 bits per heavy atom. The summed E-state index contributed by atoms with van der Waals surface area (Å²) in [6.45, 7) is 9.89. The van der Waals surface area contributed by atoms with Crippen LogP contribution in [0.3, 0.4) is 0 Å². The van der Waals surface area contributed by atoms with E-state index >= 15 is 0 Å². The van der Waals surface area contributed by atoms with Crippen molar-refractivity contribution >= 4 is 55.2 Å². The first kappa shape index (κ1) is 56.6. The smallest absolute Gasteiger partial charge is 0.463 e. The third-order valence-corrected chi connectivity index (χ3v) is 12.6. The predicted octanol–water partition coefficient (Wildman–Crippen LogP) is 7.34. The van der Waals surface area contributed by atoms with Gasteiger partial charge in [-0.15, -0.1) is 4.57 Å². The van der Waals surface area contributed by atoms with Gasteiger partial charge in [-0.05, 0) is 55.2 Å². The maximum absolute atomic E-state index is 12.7. The van der Waals surface area contributed by atoms with Crippen molar-refractivity contribution in [2.24, 2.45) is 0 Å². The molecule has 0 N–H and O–H groups in total. The molecule has 0 spiro atoms. The van der Waals surface area contributed by atoms with Crippen LogP contribution in [0.25, 0.3) is 43.1 Å². The first-order valence-electron chi connectivity index (χ1n) is 26.5. The number of benzene rings is 6. The minimum absolute atomic E-state index is 0.136. The lowest BCUT2D eigenvalue weighted by molar-refractivity contribution is -0.687. The second-order valence-corrected chi connectivity index (χ2v) is 18.0. The van der Waals surface area contributed by atoms with Crippen LogP contribution in [-0.2, 0) is 76.5 Å². The molecule has 408 valence electrons. The molecule has 0 saturated carbocycles. The lowest BCUT2D eigenvalue weighted by Crippen LogP contribution is -2.32. The maximum atomic E-state index is 12.7. The van der Waals surface area contributed by atoms with Crippen LogP contribution in [0.15, 0.2) is 147 Å². The zero-order valence-corrected chi connectivity index (χ0v) is 43.9. The van der Waals surface area contributed by atoms with Crippen molar-refractivity contribution in [3.05, 3.63) is 158 Å². The van der Waals surface area contributed by atoms with E-state index in [-0.39, 0.29) is 32.2 Å². The van der Waals surface area contributed by atoms with E-state index in [0.29, 0.717) is 125 Å². The van der Waals surface area contributed by atoms with E-state index in [2.05, 4.69) is 114 Å². The van der Waals surface area contributed by atoms with Gasteiger partial charge in [0.25, 0.3) is 6.33 Å². The van der Waals surface area contributed by atoms with Crippen molar-refractivity contribution in [1.29, 1.82) is 0 Å². The van der Waals surface area contributed by atoms with E-state index in [1.165, 1.54) is 58.8 Å². The predicted molar refractivity (Wildman–Crippen MR) is 290 cm³/mol. The zero-order chi connectivity index (χ0) is 53.0. The Hall–Kier alpha value is -6.64. The first-order valence-corrected chi connectivity index (χ1v) is 26.5. The lowest BCUT2D eigenvalue weighted by Gasteiger charge is -2.10. The quantitative estimate of drug-likeness (QED) is 0.0165. The number of ether oxygens (including phenoxy) is 11. The van der Waals surface area contributed by atoms with Crippen LogP contribution >= 0.6 is 0 Å². The number of aryl methyl sites for hydroxylation is 1. The topological polar surface area (TPSA) is 153 Å². The summed E-state index contributed by atoms with van der Waals surface area (Å²) in [6, 6.07) is 38.2. The zero-order valence-electron chi connectivity index (χ0n) is 43.9. The lowest BCUT2D eigenvalue weighted by atomic mass is 9.97. The highest BCUT2D eigenvalue weighted by atomic mass is 16.6. The highest BCUT2D eigenvalue weighted by molar-refractivity contribution is 6.03. The normalized spacial score (nSPS) is 11.6. The summed E-state index contributed by atoms with van der Waals surface area (Å²) in [5.41, 5.74) is 2.48. The number of carbonyl (C=O) groups excluding carboxylic acids is 2. The summed E-state index contributed by atoms with van der Waals surface area (Å²) in [5, 5.41) is 9.70. The van der Waals surface area contributed by atoms with Gasteiger partial charge < -0.3 is 52.1 Å². The summed E-state index contributed by atoms with van der Waals surface area (Å²) in [4.78, 5) is 25.0. The number of carbonyl (C=O) groups is 2. The molecule has 0 radical (unpaired) electrons. The highest BCUT2D eigenvalue weighted by Crippen LogP contribution is 2.29. The van der Waals surface area contributed by atoms with Crippen LogP contribution in [0.2, 0.25) is 0 Å². The number of esters is 1. The van der Waals surface area contributed by atoms with Gasteiger partial charge in [0.15, 0.2) is 0 Å². The van der Waals surface area contributed by atoms with Crippen molar-refractivity contribution in [3.8, 4) is 0 Å². The molecular formula is C60H72N4O13+2. The Kier molecular flexibility index (Phi) is 23.6. The molecule has 0 aliphatic rings. The van der Waals surface area contributed by atoms with Crippen molar-refractivity contribution < 1.29 is 70.8 Å². The van der Waals surface area contributed by atoms with Crippen LogP contribution < -0.4 is 9.13 Å². The van der Waals surface area contributed by atoms with Crippen molar-refractivity contribution in [1.82, 2.24) is 9.13 Å². The minimum Gasteiger partial charge on any atom is -0.463 e. The average Bonchev–Trinajstić information content (AvgIpc) is 4.18. The van der Waals surface area contributed by atoms with Crippen LogP contribution in [0.5, 0.6) is 0 Å². The van der Waals surface area contributed by atoms with Gasteiger partial charge in [-0.2, -0.15) is 4.79 Å². The number of aromatic nitrogens is 4. The molecule has 8 rings (SSSR count). The molecule has 2 aromatic heterocycles. The molecule has 6 aromatic carbocycles. The Balaban J connectivity index is 0.518. The molecule has 77 heavy (non-hydrogen) atoms. The highest BCUT2D eigenvalue weighted by Gasteiger charge is 2.18. The fourth-order valence-corrected chi connectivity index (χ4v) is 8.81. The Bertz CT molecular complexity index is 2920. The molecule has 17 nitrogen and oxygen atoms in total. The van der Waals surface area contributed by atoms with Gasteiger partial charge >= 0.3 is 12.1 Å². The third kappa shape index (κ3) is 18.5. The van der Waals surface area contributed by atoms with Crippen LogP contribution in [-0.4, -0.2) is 153 Å². The van der Waals surface area contributed by atoms with Crippen LogP contribution in [0, 0.1) is 0 Å². The molecular weight excluding hydrogens is 985 g/mol. The minimum atomic E-state index is -0.462. The van der Waals surface area contributed by atoms with Gasteiger partial charge in [0, 0.05) is 11.1 Å². The first-order chi connectivity index (χ1) is 38.1. The maximum Gasteiger partial charge on any atom is 0.511 e. The van der Waals surface area contributed by atoms with E-state index in [0.717, 1.165) is 6.54 Å². The number of nitrogens with zero attached hydrogens (tertiary/aromatic N) is 4. The fraction of sp³-hybridized carbons (Fsp3) is 0.400. The SMILES string of the molecule is O=C(CCn1cc[n+](Cc2c3ccccc3cc3ccccc23)c1)OCCOCCOCCOCCOCCOCCOCCOCCOCCOCCOC(=O)n1cc[n+](Cc2c3ccccc3cc3ccccc23)c1. The largest absolute Gasteiger partial charge is 0.511 e. The number of rotatable bonds is 37. The van der Waals surface area contributed by atoms with Gasteiger partial charge in [-0.1, -0.05) is 97.1 Å². The molecule has 0 saturated heterocycles. The Morgan fingerprint density at radius 3 is 1.09 bits per heavy atom. The van der Waals surface area contributed by atoms with Crippen LogP contribution in [0.1, 0.15) is 17.5 Å². The summed E-state index contributed by atoms with van der Waals surface area (Å²) in [5.74, 6) is -0.260. The number of hydrogen-bond donors (Lipinski definition) is 0. The molecule has 0 amide bonds. The van der Waals surface area contributed by atoms with Gasteiger partial charge in [0.2, 0.25) is 6.33 Å². The van der Waals surface area contributed by atoms with Gasteiger partial charge in [0.1, 0.15) is 57.6 Å². The number of hydrogen-bond acceptors (Lipinski definition) is 13. The summed E-state index contributed by atoms with van der Waals surface area (Å²) in [6.07, 6.45) is 11.2. The molecule has 2 heterocycles. The van der Waals surface area contributed by atoms with Crippen molar-refractivity contribution in [2.75, 3.05) is 132 Å². The molecule has 0 atom stereocenters. The number of fused-ring (bicyclic) bond motifs is 4. The summed E-state index contributed by atoms with van der Waals surface area (Å²) < 4.78 is 68.3. The summed E-state index contributed by atoms with van der Waals surface area (Å²) >= 11 is 0. The van der Waals surface area contributed by atoms with Crippen molar-refractivity contribution in [3.63, 3.8) is 0 Å². The third-order valence-electron chi connectivity index (χ3n) is 12.6. The van der Waals surface area contributed by atoms with E-state index in [1.54, 1.807) is 12.5 Å². The van der Waals surface area contributed by atoms with Gasteiger partial charge in [0.05, 0.1) is 125 Å². The molecule has 0 unspecified atom stereocenters. The molecule has 0 fully saturated rings. The van der Waals surface area contributed by atoms with E-state index in [4.69, 9.17) is 52.1 Å². The average molecular weight is 1060 g/mol.